The Morgan fingerprint density at radius 3 is 1.59 bits per heavy atom. The summed E-state index contributed by atoms with van der Waals surface area (Å²) in [5.74, 6) is 0. The third-order valence-electron chi connectivity index (χ3n) is 5.52. The average molecular weight is 378 g/mol. The molecule has 0 saturated heterocycles. The normalized spacial score (nSPS) is 11.4. The van der Waals surface area contributed by atoms with Crippen molar-refractivity contribution >= 4 is 0 Å². The number of hydrogen-bond acceptors (Lipinski definition) is 1. The summed E-state index contributed by atoms with van der Waals surface area (Å²) in [6.45, 7) is 7.96. The van der Waals surface area contributed by atoms with Crippen molar-refractivity contribution in [2.45, 2.75) is 123 Å². The Morgan fingerprint density at radius 2 is 1.11 bits per heavy atom. The summed E-state index contributed by atoms with van der Waals surface area (Å²) < 4.78 is 0. The summed E-state index contributed by atoms with van der Waals surface area (Å²) in [5, 5.41) is 3.72. The van der Waals surface area contributed by atoms with Gasteiger partial charge in [0, 0.05) is 12.1 Å². The van der Waals surface area contributed by atoms with Gasteiger partial charge in [-0.25, -0.2) is 0 Å². The molecule has 0 aliphatic rings. The molecule has 0 bridgehead atoms. The fraction of sp³-hybridized carbons (Fsp3) is 0.760. The molecule has 0 aliphatic heterocycles. The minimum Gasteiger partial charge on any atom is -0.412 e. The van der Waals surface area contributed by atoms with Crippen molar-refractivity contribution in [2.24, 2.45) is 0 Å². The first-order chi connectivity index (χ1) is 12.6. The van der Waals surface area contributed by atoms with Crippen molar-refractivity contribution in [3.8, 4) is 0 Å². The highest BCUT2D eigenvalue weighted by Gasteiger charge is 2.15. The van der Waals surface area contributed by atoms with E-state index < -0.39 is 0 Å². The standard InChI is InChI=1S/C25H45N.H2O/c1-4-5-6-7-8-9-10-11-12-13-14-15-19-22-25(2,3)26-23-24-20-17-16-18-21-24;/h16-18,20-21,26H,4-15,19,22-23H2,1-3H3;1H2. The lowest BCUT2D eigenvalue weighted by Gasteiger charge is -2.26. The molecular weight excluding hydrogens is 330 g/mol. The highest BCUT2D eigenvalue weighted by molar-refractivity contribution is 5.14. The lowest BCUT2D eigenvalue weighted by atomic mass is 9.95. The van der Waals surface area contributed by atoms with E-state index in [9.17, 15) is 0 Å². The molecule has 1 aromatic rings. The molecule has 0 spiro atoms. The maximum Gasteiger partial charge on any atom is 0.0210 e. The highest BCUT2D eigenvalue weighted by atomic mass is 16.0. The Bertz CT molecular complexity index is 416. The fourth-order valence-corrected chi connectivity index (χ4v) is 3.61. The topological polar surface area (TPSA) is 43.5 Å². The molecule has 2 nitrogen and oxygen atoms in total. The van der Waals surface area contributed by atoms with Gasteiger partial charge in [0.1, 0.15) is 0 Å². The number of hydrogen-bond donors (Lipinski definition) is 1. The molecule has 0 saturated carbocycles. The lowest BCUT2D eigenvalue weighted by Crippen LogP contribution is -2.38. The van der Waals surface area contributed by atoms with E-state index in [4.69, 9.17) is 0 Å². The minimum absolute atomic E-state index is 0. The van der Waals surface area contributed by atoms with Crippen molar-refractivity contribution in [1.82, 2.24) is 5.32 Å². The molecule has 3 N–H and O–H groups in total. The van der Waals surface area contributed by atoms with Gasteiger partial charge in [-0.15, -0.1) is 0 Å². The fourth-order valence-electron chi connectivity index (χ4n) is 3.61. The second kappa shape index (κ2) is 17.3. The summed E-state index contributed by atoms with van der Waals surface area (Å²) in [6.07, 6.45) is 19.9. The Balaban J connectivity index is 0.00000676. The van der Waals surface area contributed by atoms with Crippen LogP contribution in [0.2, 0.25) is 0 Å². The van der Waals surface area contributed by atoms with E-state index in [-0.39, 0.29) is 11.0 Å². The highest BCUT2D eigenvalue weighted by Crippen LogP contribution is 2.17. The first-order valence-corrected chi connectivity index (χ1v) is 11.4. The molecule has 0 heterocycles. The van der Waals surface area contributed by atoms with Crippen LogP contribution in [-0.2, 0) is 6.54 Å². The van der Waals surface area contributed by atoms with Crippen LogP contribution < -0.4 is 5.32 Å². The molecule has 0 aromatic heterocycles. The zero-order valence-corrected chi connectivity index (χ0v) is 18.5. The molecule has 0 unspecified atom stereocenters. The predicted molar refractivity (Wildman–Crippen MR) is 121 cm³/mol. The van der Waals surface area contributed by atoms with Crippen LogP contribution in [0.3, 0.4) is 0 Å². The van der Waals surface area contributed by atoms with Gasteiger partial charge in [-0.3, -0.25) is 0 Å². The number of unbranched alkanes of at least 4 members (excludes halogenated alkanes) is 12. The minimum atomic E-state index is 0. The Hall–Kier alpha value is -0.860. The van der Waals surface area contributed by atoms with Crippen LogP contribution in [0.1, 0.15) is 116 Å². The average Bonchev–Trinajstić information content (AvgIpc) is 2.65. The van der Waals surface area contributed by atoms with Crippen LogP contribution in [0.5, 0.6) is 0 Å². The smallest absolute Gasteiger partial charge is 0.0210 e. The Morgan fingerprint density at radius 1 is 0.667 bits per heavy atom. The van der Waals surface area contributed by atoms with E-state index in [2.05, 4.69) is 56.4 Å². The van der Waals surface area contributed by atoms with Crippen LogP contribution in [0, 0.1) is 0 Å². The summed E-state index contributed by atoms with van der Waals surface area (Å²) in [6, 6.07) is 10.7. The number of nitrogens with one attached hydrogen (secondary N) is 1. The van der Waals surface area contributed by atoms with Gasteiger partial charge in [0.05, 0.1) is 0 Å². The zero-order valence-electron chi connectivity index (χ0n) is 18.5. The molecule has 0 fully saturated rings. The number of rotatable bonds is 17. The van der Waals surface area contributed by atoms with Crippen molar-refractivity contribution in [2.75, 3.05) is 0 Å². The number of benzene rings is 1. The molecule has 0 atom stereocenters. The molecule has 0 amide bonds. The molecular formula is C25H47NO. The maximum atomic E-state index is 3.72. The van der Waals surface area contributed by atoms with E-state index in [1.54, 1.807) is 0 Å². The van der Waals surface area contributed by atoms with Crippen LogP contribution in [0.15, 0.2) is 30.3 Å². The summed E-state index contributed by atoms with van der Waals surface area (Å²) >= 11 is 0. The van der Waals surface area contributed by atoms with Crippen molar-refractivity contribution in [1.29, 1.82) is 0 Å². The van der Waals surface area contributed by atoms with Gasteiger partial charge in [0.2, 0.25) is 0 Å². The Labute approximate surface area is 169 Å². The van der Waals surface area contributed by atoms with Crippen LogP contribution in [0.25, 0.3) is 0 Å². The second-order valence-corrected chi connectivity index (χ2v) is 8.72. The third-order valence-corrected chi connectivity index (χ3v) is 5.52. The first kappa shape index (κ1) is 26.1. The summed E-state index contributed by atoms with van der Waals surface area (Å²) in [7, 11) is 0. The molecule has 158 valence electrons. The molecule has 27 heavy (non-hydrogen) atoms. The molecule has 2 heteroatoms. The molecule has 1 aromatic carbocycles. The van der Waals surface area contributed by atoms with E-state index >= 15 is 0 Å². The van der Waals surface area contributed by atoms with Gasteiger partial charge in [-0.2, -0.15) is 0 Å². The van der Waals surface area contributed by atoms with Gasteiger partial charge in [0.25, 0.3) is 0 Å². The maximum absolute atomic E-state index is 3.72. The third kappa shape index (κ3) is 15.9. The van der Waals surface area contributed by atoms with Gasteiger partial charge in [-0.05, 0) is 25.8 Å². The van der Waals surface area contributed by atoms with Crippen LogP contribution >= 0.6 is 0 Å². The molecule has 0 radical (unpaired) electrons. The van der Waals surface area contributed by atoms with E-state index in [0.717, 1.165) is 6.54 Å². The van der Waals surface area contributed by atoms with Crippen molar-refractivity contribution in [3.05, 3.63) is 35.9 Å². The quantitative estimate of drug-likeness (QED) is 0.286. The van der Waals surface area contributed by atoms with Gasteiger partial charge < -0.3 is 10.8 Å². The summed E-state index contributed by atoms with van der Waals surface area (Å²) in [5.41, 5.74) is 1.62. The zero-order chi connectivity index (χ0) is 18.9. The van der Waals surface area contributed by atoms with Crippen molar-refractivity contribution < 1.29 is 5.48 Å². The molecule has 0 aliphatic carbocycles. The van der Waals surface area contributed by atoms with Gasteiger partial charge in [-0.1, -0.05) is 121 Å². The van der Waals surface area contributed by atoms with Crippen LogP contribution in [0.4, 0.5) is 0 Å². The first-order valence-electron chi connectivity index (χ1n) is 11.4. The van der Waals surface area contributed by atoms with Gasteiger partial charge >= 0.3 is 0 Å². The Kier molecular flexibility index (Phi) is 16.7. The van der Waals surface area contributed by atoms with Gasteiger partial charge in [0.15, 0.2) is 0 Å². The van der Waals surface area contributed by atoms with Crippen molar-refractivity contribution in [3.63, 3.8) is 0 Å². The summed E-state index contributed by atoms with van der Waals surface area (Å²) in [4.78, 5) is 0. The monoisotopic (exact) mass is 377 g/mol. The largest absolute Gasteiger partial charge is 0.412 e. The van der Waals surface area contributed by atoms with E-state index in [1.807, 2.05) is 0 Å². The lowest BCUT2D eigenvalue weighted by molar-refractivity contribution is 0.344. The molecule has 1 rings (SSSR count). The van der Waals surface area contributed by atoms with E-state index in [1.165, 1.54) is 95.5 Å². The van der Waals surface area contributed by atoms with E-state index in [0.29, 0.717) is 0 Å². The predicted octanol–water partition coefficient (Wildman–Crippen LogP) is 7.21. The second-order valence-electron chi connectivity index (χ2n) is 8.72. The van der Waals surface area contributed by atoms with Crippen LogP contribution in [-0.4, -0.2) is 11.0 Å². The SMILES string of the molecule is CCCCCCCCCCCCCCCC(C)(C)NCc1ccccc1.O.